The third-order valence-electron chi connectivity index (χ3n) is 7.59. The molecule has 0 unspecified atom stereocenters. The zero-order chi connectivity index (χ0) is 29.2. The molecule has 6 nitrogen and oxygen atoms in total. The molecule has 0 fully saturated rings. The number of hydrogen-bond donors (Lipinski definition) is 1. The van der Waals surface area contributed by atoms with Gasteiger partial charge in [-0.15, -0.1) is 0 Å². The van der Waals surface area contributed by atoms with Crippen LogP contribution in [0.4, 0.5) is 0 Å². The van der Waals surface area contributed by atoms with Crippen LogP contribution < -0.4 is 0 Å². The van der Waals surface area contributed by atoms with Crippen molar-refractivity contribution in [2.75, 3.05) is 48.5 Å². The van der Waals surface area contributed by atoms with Crippen LogP contribution in [0.15, 0.2) is 30.3 Å². The summed E-state index contributed by atoms with van der Waals surface area (Å²) in [4.78, 5) is 10.2. The lowest BCUT2D eigenvalue weighted by Gasteiger charge is -2.33. The molecule has 228 valence electrons. The minimum atomic E-state index is -2.43. The highest BCUT2D eigenvalue weighted by atomic mass is 28.4. The van der Waals surface area contributed by atoms with Crippen molar-refractivity contribution in [3.8, 4) is 0 Å². The molecule has 39 heavy (non-hydrogen) atoms. The zero-order valence-corrected chi connectivity index (χ0v) is 27.3. The van der Waals surface area contributed by atoms with E-state index in [1.807, 2.05) is 0 Å². The SMILES string of the molecule is CCCCCCCCCCCCCCCCCC[N+](C)(C)CC[Si](OC)(OC)OC.O=C(O)c1ccccc1. The van der Waals surface area contributed by atoms with Crippen LogP contribution in [-0.4, -0.2) is 72.9 Å². The number of carbonyl (C=O) groups is 1. The predicted molar refractivity (Wildman–Crippen MR) is 166 cm³/mol. The Balaban J connectivity index is 0.00000134. The van der Waals surface area contributed by atoms with Gasteiger partial charge in [0.25, 0.3) is 0 Å². The van der Waals surface area contributed by atoms with E-state index in [1.165, 1.54) is 109 Å². The second-order valence-electron chi connectivity index (χ2n) is 11.4. The summed E-state index contributed by atoms with van der Waals surface area (Å²) in [6.07, 6.45) is 22.8. The maximum atomic E-state index is 10.2. The van der Waals surface area contributed by atoms with E-state index in [-0.39, 0.29) is 0 Å². The van der Waals surface area contributed by atoms with Crippen LogP contribution >= 0.6 is 0 Å². The molecule has 0 spiro atoms. The van der Waals surface area contributed by atoms with Gasteiger partial charge in [0.2, 0.25) is 0 Å². The minimum absolute atomic E-state index is 0.331. The van der Waals surface area contributed by atoms with E-state index < -0.39 is 14.8 Å². The monoisotopic (exact) mass is 568 g/mol. The highest BCUT2D eigenvalue weighted by molar-refractivity contribution is 6.60. The summed E-state index contributed by atoms with van der Waals surface area (Å²) in [6.45, 7) is 4.56. The molecule has 0 atom stereocenters. The fourth-order valence-corrected chi connectivity index (χ4v) is 6.77. The lowest BCUT2D eigenvalue weighted by atomic mass is 10.0. The largest absolute Gasteiger partial charge is 0.505 e. The van der Waals surface area contributed by atoms with Crippen LogP contribution in [0.2, 0.25) is 6.04 Å². The summed E-state index contributed by atoms with van der Waals surface area (Å²) in [6, 6.07) is 9.17. The average Bonchev–Trinajstić information content (AvgIpc) is 2.94. The lowest BCUT2D eigenvalue weighted by molar-refractivity contribution is -0.888. The van der Waals surface area contributed by atoms with Crippen molar-refractivity contribution in [2.24, 2.45) is 0 Å². The van der Waals surface area contributed by atoms with Crippen molar-refractivity contribution in [3.05, 3.63) is 35.9 Å². The van der Waals surface area contributed by atoms with E-state index in [0.717, 1.165) is 17.1 Å². The Labute approximate surface area is 242 Å². The Kier molecular flexibility index (Phi) is 23.7. The number of unbranched alkanes of at least 4 members (excludes halogenated alkanes) is 15. The number of quaternary nitrogens is 1. The third kappa shape index (κ3) is 21.2. The molecule has 0 aliphatic heterocycles. The van der Waals surface area contributed by atoms with Crippen molar-refractivity contribution in [1.82, 2.24) is 0 Å². The molecule has 1 rings (SSSR count). The molecule has 0 aliphatic rings. The van der Waals surface area contributed by atoms with Gasteiger partial charge in [-0.1, -0.05) is 115 Å². The maximum absolute atomic E-state index is 10.2. The maximum Gasteiger partial charge on any atom is 0.505 e. The molecule has 0 aliphatic carbocycles. The molecule has 0 radical (unpaired) electrons. The number of rotatable bonds is 24. The summed E-state index contributed by atoms with van der Waals surface area (Å²) in [5, 5.41) is 8.38. The molecule has 1 N–H and O–H groups in total. The minimum Gasteiger partial charge on any atom is -0.478 e. The van der Waals surface area contributed by atoms with E-state index in [0.29, 0.717) is 5.56 Å². The van der Waals surface area contributed by atoms with Crippen LogP contribution in [0.25, 0.3) is 0 Å². The van der Waals surface area contributed by atoms with Crippen LogP contribution in [0.3, 0.4) is 0 Å². The van der Waals surface area contributed by atoms with Crippen molar-refractivity contribution in [1.29, 1.82) is 0 Å². The summed E-state index contributed by atoms with van der Waals surface area (Å²) >= 11 is 0. The normalized spacial score (nSPS) is 11.7. The summed E-state index contributed by atoms with van der Waals surface area (Å²) < 4.78 is 17.7. The Morgan fingerprint density at radius 2 is 1.05 bits per heavy atom. The summed E-state index contributed by atoms with van der Waals surface area (Å²) in [5.74, 6) is -0.879. The van der Waals surface area contributed by atoms with Gasteiger partial charge < -0.3 is 22.9 Å². The first-order valence-electron chi connectivity index (χ1n) is 15.5. The molecule has 0 saturated carbocycles. The fraction of sp³-hybridized carbons (Fsp3) is 0.781. The second-order valence-corrected chi connectivity index (χ2v) is 14.5. The lowest BCUT2D eigenvalue weighted by Crippen LogP contribution is -2.49. The highest BCUT2D eigenvalue weighted by Gasteiger charge is 2.39. The van der Waals surface area contributed by atoms with Gasteiger partial charge >= 0.3 is 14.8 Å². The Hall–Kier alpha value is -1.25. The fourth-order valence-electron chi connectivity index (χ4n) is 4.78. The van der Waals surface area contributed by atoms with E-state index >= 15 is 0 Å². The molecule has 0 amide bonds. The average molecular weight is 569 g/mol. The number of hydrogen-bond acceptors (Lipinski definition) is 4. The molecule has 0 heterocycles. The number of carboxylic acid groups (broad SMARTS) is 1. The standard InChI is InChI=1S/C25H56NO3Si.C7H6O2/c1-7-8-9-10-11-12-13-14-15-16-17-18-19-20-21-22-23-26(2,3)24-25-30(27-4,28-5)29-6;8-7(9)6-4-2-1-3-5-6/h7-25H2,1-6H3;1-5H,(H,8,9)/q+1;. The van der Waals surface area contributed by atoms with E-state index in [1.54, 1.807) is 51.7 Å². The van der Waals surface area contributed by atoms with Crippen molar-refractivity contribution in [2.45, 2.75) is 116 Å². The smallest absolute Gasteiger partial charge is 0.478 e. The molecular weight excluding hydrogens is 506 g/mol. The van der Waals surface area contributed by atoms with Crippen molar-refractivity contribution >= 4 is 14.8 Å². The van der Waals surface area contributed by atoms with Gasteiger partial charge in [0.05, 0.1) is 38.8 Å². The predicted octanol–water partition coefficient (Wildman–Crippen LogP) is 8.59. The van der Waals surface area contributed by atoms with Gasteiger partial charge in [-0.25, -0.2) is 4.79 Å². The van der Waals surface area contributed by atoms with Crippen molar-refractivity contribution in [3.63, 3.8) is 0 Å². The number of nitrogens with zero attached hydrogens (tertiary/aromatic N) is 1. The number of benzene rings is 1. The Morgan fingerprint density at radius 3 is 1.38 bits per heavy atom. The molecule has 0 aromatic heterocycles. The summed E-state index contributed by atoms with van der Waals surface area (Å²) in [7, 11) is 7.30. The first kappa shape index (κ1) is 37.7. The number of aromatic carboxylic acids is 1. The molecule has 7 heteroatoms. The highest BCUT2D eigenvalue weighted by Crippen LogP contribution is 2.17. The first-order valence-corrected chi connectivity index (χ1v) is 17.4. The van der Waals surface area contributed by atoms with E-state index in [9.17, 15) is 4.79 Å². The Morgan fingerprint density at radius 1 is 0.667 bits per heavy atom. The van der Waals surface area contributed by atoms with Crippen LogP contribution in [0.5, 0.6) is 0 Å². The van der Waals surface area contributed by atoms with Crippen LogP contribution in [0, 0.1) is 0 Å². The third-order valence-corrected chi connectivity index (χ3v) is 10.3. The van der Waals surface area contributed by atoms with Crippen molar-refractivity contribution < 1.29 is 27.7 Å². The van der Waals surface area contributed by atoms with Gasteiger partial charge in [0.1, 0.15) is 0 Å². The topological polar surface area (TPSA) is 65.0 Å². The van der Waals surface area contributed by atoms with Gasteiger partial charge in [-0.3, -0.25) is 0 Å². The molecule has 0 saturated heterocycles. The van der Waals surface area contributed by atoms with E-state index in [2.05, 4.69) is 21.0 Å². The second kappa shape index (κ2) is 24.5. The summed E-state index contributed by atoms with van der Waals surface area (Å²) in [5.41, 5.74) is 0.331. The Bertz CT molecular complexity index is 674. The molecule has 0 bridgehead atoms. The quantitative estimate of drug-likeness (QED) is 0.0768. The van der Waals surface area contributed by atoms with Gasteiger partial charge in [0, 0.05) is 21.3 Å². The van der Waals surface area contributed by atoms with E-state index in [4.69, 9.17) is 18.4 Å². The number of carboxylic acids is 1. The van der Waals surface area contributed by atoms with Gasteiger partial charge in [-0.05, 0) is 25.0 Å². The molecular formula is C32H62NO5Si+. The molecule has 1 aromatic carbocycles. The van der Waals surface area contributed by atoms with Crippen LogP contribution in [-0.2, 0) is 13.3 Å². The first-order chi connectivity index (χ1) is 18.8. The van der Waals surface area contributed by atoms with Gasteiger partial charge in [-0.2, -0.15) is 0 Å². The molecule has 1 aromatic rings. The van der Waals surface area contributed by atoms with Crippen LogP contribution in [0.1, 0.15) is 120 Å². The van der Waals surface area contributed by atoms with Gasteiger partial charge in [0.15, 0.2) is 0 Å². The zero-order valence-electron chi connectivity index (χ0n) is 26.3.